The van der Waals surface area contributed by atoms with E-state index >= 15 is 0 Å². The molecule has 0 aliphatic rings. The minimum Gasteiger partial charge on any atom is -0.465 e. The Balaban J connectivity index is 0. The number of carbonyl (C=O) groups is 1. The van der Waals surface area contributed by atoms with E-state index in [2.05, 4.69) is 5.32 Å². The Bertz CT molecular complexity index is 77.4. The quantitative estimate of drug-likeness (QED) is 0.550. The summed E-state index contributed by atoms with van der Waals surface area (Å²) < 4.78 is 0. The van der Waals surface area contributed by atoms with Crippen LogP contribution in [-0.4, -0.2) is 17.7 Å². The van der Waals surface area contributed by atoms with E-state index in [0.29, 0.717) is 6.54 Å². The van der Waals surface area contributed by atoms with Gasteiger partial charge in [-0.05, 0) is 6.42 Å². The molecule has 3 heteroatoms. The van der Waals surface area contributed by atoms with E-state index < -0.39 is 6.09 Å². The van der Waals surface area contributed by atoms with Gasteiger partial charge in [-0.2, -0.15) is 0 Å². The third kappa shape index (κ3) is 5.27. The first-order valence-corrected chi connectivity index (χ1v) is 2.74. The summed E-state index contributed by atoms with van der Waals surface area (Å²) in [7, 11) is 0. The van der Waals surface area contributed by atoms with Gasteiger partial charge in [0.2, 0.25) is 0 Å². The Hall–Kier alpha value is -0.730. The van der Waals surface area contributed by atoms with Crippen molar-refractivity contribution < 1.29 is 11.3 Å². The highest BCUT2D eigenvalue weighted by Gasteiger charge is 1.88. The molecule has 0 bridgehead atoms. The first-order valence-electron chi connectivity index (χ1n) is 2.74. The van der Waals surface area contributed by atoms with E-state index in [9.17, 15) is 4.79 Å². The lowest BCUT2D eigenvalue weighted by atomic mass is 10.3. The number of carboxylic acid groups (broad SMARTS) is 1. The van der Waals surface area contributed by atoms with Crippen LogP contribution in [0.15, 0.2) is 0 Å². The summed E-state index contributed by atoms with van der Waals surface area (Å²) >= 11 is 0. The van der Waals surface area contributed by atoms with Gasteiger partial charge in [0.15, 0.2) is 0 Å². The van der Waals surface area contributed by atoms with Gasteiger partial charge in [-0.3, -0.25) is 0 Å². The molecule has 8 heavy (non-hydrogen) atoms. The summed E-state index contributed by atoms with van der Waals surface area (Å²) in [5.74, 6) is 0. The predicted molar refractivity (Wildman–Crippen MR) is 33.0 cm³/mol. The molecule has 0 aliphatic carbocycles. The average molecular weight is 119 g/mol. The summed E-state index contributed by atoms with van der Waals surface area (Å²) in [6, 6.07) is 0. The fourth-order valence-corrected chi connectivity index (χ4v) is 0.372. The molecular formula is C5H13NO2. The van der Waals surface area contributed by atoms with Crippen molar-refractivity contribution in [3.05, 3.63) is 0 Å². The fourth-order valence-electron chi connectivity index (χ4n) is 0.372. The molecule has 0 aliphatic heterocycles. The second-order valence-electron chi connectivity index (χ2n) is 1.59. The molecule has 0 aromatic rings. The standard InChI is InChI=1S/C5H11NO2.H2/c1-2-3-4-6-5(7)8;/h6H,2-4H2,1H3,(H,7,8);1H. The van der Waals surface area contributed by atoms with E-state index in [-0.39, 0.29) is 1.43 Å². The molecule has 0 spiro atoms. The lowest BCUT2D eigenvalue weighted by Gasteiger charge is -1.94. The molecule has 50 valence electrons. The number of rotatable bonds is 3. The lowest BCUT2D eigenvalue weighted by Crippen LogP contribution is -2.21. The molecule has 0 saturated carbocycles. The molecule has 0 radical (unpaired) electrons. The highest BCUT2D eigenvalue weighted by Crippen LogP contribution is 1.80. The Labute approximate surface area is 50.2 Å². The van der Waals surface area contributed by atoms with Crippen LogP contribution in [0.4, 0.5) is 4.79 Å². The molecule has 3 nitrogen and oxygen atoms in total. The Morgan fingerprint density at radius 2 is 2.50 bits per heavy atom. The zero-order chi connectivity index (χ0) is 6.41. The first kappa shape index (κ1) is 7.27. The van der Waals surface area contributed by atoms with Crippen LogP contribution < -0.4 is 5.32 Å². The molecule has 1 amide bonds. The van der Waals surface area contributed by atoms with E-state index in [0.717, 1.165) is 12.8 Å². The Kier molecular flexibility index (Phi) is 4.03. The van der Waals surface area contributed by atoms with Crippen LogP contribution in [0.25, 0.3) is 0 Å². The zero-order valence-corrected chi connectivity index (χ0v) is 4.98. The van der Waals surface area contributed by atoms with Gasteiger partial charge in [-0.15, -0.1) is 0 Å². The smallest absolute Gasteiger partial charge is 0.404 e. The van der Waals surface area contributed by atoms with Gasteiger partial charge < -0.3 is 10.4 Å². The van der Waals surface area contributed by atoms with Gasteiger partial charge in [-0.25, -0.2) is 4.79 Å². The SMILES string of the molecule is CCCCNC(=O)O.[HH]. The molecule has 0 rings (SSSR count). The van der Waals surface area contributed by atoms with Gasteiger partial charge in [0.05, 0.1) is 0 Å². The van der Waals surface area contributed by atoms with E-state index in [1.165, 1.54) is 0 Å². The predicted octanol–water partition coefficient (Wildman–Crippen LogP) is 1.30. The van der Waals surface area contributed by atoms with E-state index in [1.807, 2.05) is 6.92 Å². The molecule has 0 fully saturated rings. The van der Waals surface area contributed by atoms with Crippen molar-refractivity contribution >= 4 is 6.09 Å². The maximum absolute atomic E-state index is 9.76. The van der Waals surface area contributed by atoms with Crippen LogP contribution in [0.3, 0.4) is 0 Å². The molecule has 0 aromatic heterocycles. The van der Waals surface area contributed by atoms with Crippen molar-refractivity contribution in [2.24, 2.45) is 0 Å². The van der Waals surface area contributed by atoms with Crippen LogP contribution in [0.2, 0.25) is 0 Å². The van der Waals surface area contributed by atoms with Gasteiger partial charge in [-0.1, -0.05) is 13.3 Å². The fraction of sp³-hybridized carbons (Fsp3) is 0.800. The second kappa shape index (κ2) is 4.43. The van der Waals surface area contributed by atoms with Crippen LogP contribution >= 0.6 is 0 Å². The second-order valence-corrected chi connectivity index (χ2v) is 1.59. The zero-order valence-electron chi connectivity index (χ0n) is 4.98. The number of hydrogen-bond donors (Lipinski definition) is 2. The van der Waals surface area contributed by atoms with Gasteiger partial charge in [0.1, 0.15) is 0 Å². The van der Waals surface area contributed by atoms with Crippen LogP contribution in [0.5, 0.6) is 0 Å². The summed E-state index contributed by atoms with van der Waals surface area (Å²) in [5, 5.41) is 10.3. The first-order chi connectivity index (χ1) is 3.77. The third-order valence-corrected chi connectivity index (χ3v) is 0.807. The number of unbranched alkanes of at least 4 members (excludes halogenated alkanes) is 1. The molecule has 0 unspecified atom stereocenters. The lowest BCUT2D eigenvalue weighted by molar-refractivity contribution is 0.194. The molecule has 0 atom stereocenters. The summed E-state index contributed by atoms with van der Waals surface area (Å²) in [5.41, 5.74) is 0. The van der Waals surface area contributed by atoms with Gasteiger partial charge >= 0.3 is 6.09 Å². The molecule has 0 saturated heterocycles. The normalized spacial score (nSPS) is 8.62. The van der Waals surface area contributed by atoms with Crippen LogP contribution in [-0.2, 0) is 0 Å². The topological polar surface area (TPSA) is 49.3 Å². The molecule has 0 heterocycles. The van der Waals surface area contributed by atoms with Crippen molar-refractivity contribution in [1.82, 2.24) is 5.32 Å². The maximum atomic E-state index is 9.76. The molecular weight excluding hydrogens is 106 g/mol. The monoisotopic (exact) mass is 119 g/mol. The Morgan fingerprint density at radius 3 is 2.88 bits per heavy atom. The van der Waals surface area contributed by atoms with Crippen LogP contribution in [0.1, 0.15) is 21.2 Å². The minimum absolute atomic E-state index is 0. The van der Waals surface area contributed by atoms with Gasteiger partial charge in [0.25, 0.3) is 0 Å². The van der Waals surface area contributed by atoms with Crippen molar-refractivity contribution in [2.75, 3.05) is 6.54 Å². The number of nitrogens with one attached hydrogen (secondary N) is 1. The summed E-state index contributed by atoms with van der Waals surface area (Å²) in [6.07, 6.45) is 1.02. The molecule has 0 aromatic carbocycles. The Morgan fingerprint density at radius 1 is 1.88 bits per heavy atom. The van der Waals surface area contributed by atoms with Gasteiger partial charge in [0, 0.05) is 7.97 Å². The number of hydrogen-bond acceptors (Lipinski definition) is 1. The number of amides is 1. The van der Waals surface area contributed by atoms with Crippen LogP contribution in [0, 0.1) is 0 Å². The largest absolute Gasteiger partial charge is 0.465 e. The minimum atomic E-state index is -0.932. The molecule has 2 N–H and O–H groups in total. The van der Waals surface area contributed by atoms with Crippen molar-refractivity contribution in [3.8, 4) is 0 Å². The van der Waals surface area contributed by atoms with Crippen molar-refractivity contribution in [1.29, 1.82) is 0 Å². The summed E-state index contributed by atoms with van der Waals surface area (Å²) in [4.78, 5) is 9.76. The third-order valence-electron chi connectivity index (χ3n) is 0.807. The van der Waals surface area contributed by atoms with Crippen molar-refractivity contribution in [3.63, 3.8) is 0 Å². The highest BCUT2D eigenvalue weighted by atomic mass is 16.4. The average Bonchev–Trinajstić information content (AvgIpc) is 1.66. The summed E-state index contributed by atoms with van der Waals surface area (Å²) in [6.45, 7) is 2.59. The van der Waals surface area contributed by atoms with Crippen molar-refractivity contribution in [2.45, 2.75) is 19.8 Å². The maximum Gasteiger partial charge on any atom is 0.404 e. The highest BCUT2D eigenvalue weighted by molar-refractivity contribution is 5.64. The van der Waals surface area contributed by atoms with E-state index in [1.54, 1.807) is 0 Å². The van der Waals surface area contributed by atoms with E-state index in [4.69, 9.17) is 5.11 Å².